The Morgan fingerprint density at radius 2 is 1.86 bits per heavy atom. The fourth-order valence-corrected chi connectivity index (χ4v) is 5.89. The van der Waals surface area contributed by atoms with Crippen LogP contribution >= 0.6 is 11.8 Å². The van der Waals surface area contributed by atoms with Crippen LogP contribution in [0.1, 0.15) is 28.8 Å². The van der Waals surface area contributed by atoms with Gasteiger partial charge in [0.25, 0.3) is 5.91 Å². The number of piperidine rings is 3. The second-order valence-electron chi connectivity index (χ2n) is 8.39. The molecule has 0 spiro atoms. The molecule has 5 rings (SSSR count). The van der Waals surface area contributed by atoms with E-state index in [1.165, 1.54) is 49.7 Å². The van der Waals surface area contributed by atoms with Crippen molar-refractivity contribution in [3.63, 3.8) is 0 Å². The number of fused-ring (bicyclic) bond motifs is 3. The van der Waals surface area contributed by atoms with Crippen LogP contribution < -0.4 is 5.32 Å². The number of halogens is 3. The Hall–Kier alpha value is -1.25. The predicted molar refractivity (Wildman–Crippen MR) is 109 cm³/mol. The maximum atomic E-state index is 12.7. The molecule has 1 amide bonds. The zero-order valence-corrected chi connectivity index (χ0v) is 17.3. The van der Waals surface area contributed by atoms with E-state index in [0.29, 0.717) is 24.4 Å². The van der Waals surface area contributed by atoms with Gasteiger partial charge in [0.15, 0.2) is 0 Å². The number of alkyl halides is 3. The first-order valence-electron chi connectivity index (χ1n) is 10.4. The smallest absolute Gasteiger partial charge is 0.350 e. The molecule has 4 aliphatic heterocycles. The van der Waals surface area contributed by atoms with E-state index in [4.69, 9.17) is 0 Å². The van der Waals surface area contributed by atoms with Gasteiger partial charge < -0.3 is 10.2 Å². The van der Waals surface area contributed by atoms with Gasteiger partial charge in [-0.15, -0.1) is 0 Å². The molecule has 0 aromatic heterocycles. The quantitative estimate of drug-likeness (QED) is 0.783. The zero-order chi connectivity index (χ0) is 20.4. The number of thioether (sulfide) groups is 1. The maximum Gasteiger partial charge on any atom is 0.416 e. The molecular formula is C21H28F3N3OS. The Bertz CT molecular complexity index is 706. The van der Waals surface area contributed by atoms with Crippen LogP contribution in [-0.4, -0.2) is 72.5 Å². The van der Waals surface area contributed by atoms with Crippen molar-refractivity contribution in [3.05, 3.63) is 35.4 Å². The third kappa shape index (κ3) is 5.09. The van der Waals surface area contributed by atoms with Gasteiger partial charge in [-0.25, -0.2) is 0 Å². The number of hydrogen-bond donors (Lipinski definition) is 1. The number of carbonyl (C=O) groups is 1. The highest BCUT2D eigenvalue weighted by atomic mass is 32.2. The summed E-state index contributed by atoms with van der Waals surface area (Å²) in [4.78, 5) is 17.5. The van der Waals surface area contributed by atoms with Gasteiger partial charge in [-0.1, -0.05) is 0 Å². The van der Waals surface area contributed by atoms with Gasteiger partial charge in [0.2, 0.25) is 0 Å². The van der Waals surface area contributed by atoms with Crippen molar-refractivity contribution in [2.45, 2.75) is 25.1 Å². The lowest BCUT2D eigenvalue weighted by Gasteiger charge is -2.51. The van der Waals surface area contributed by atoms with E-state index in [9.17, 15) is 18.0 Å². The summed E-state index contributed by atoms with van der Waals surface area (Å²) in [5, 5.41) is 2.93. The fourth-order valence-electron chi connectivity index (χ4n) is 4.91. The van der Waals surface area contributed by atoms with Crippen LogP contribution in [0, 0.1) is 11.8 Å². The summed E-state index contributed by atoms with van der Waals surface area (Å²) in [6.07, 6.45) is -2.05. The predicted octanol–water partition coefficient (Wildman–Crippen LogP) is 3.19. The second kappa shape index (κ2) is 8.86. The number of benzene rings is 1. The monoisotopic (exact) mass is 427 g/mol. The molecule has 0 aliphatic carbocycles. The Balaban J connectivity index is 1.27. The van der Waals surface area contributed by atoms with Crippen molar-refractivity contribution in [1.82, 2.24) is 15.1 Å². The molecule has 4 nitrogen and oxygen atoms in total. The van der Waals surface area contributed by atoms with Crippen LogP contribution in [0.3, 0.4) is 0 Å². The van der Waals surface area contributed by atoms with Crippen molar-refractivity contribution in [2.75, 3.05) is 50.8 Å². The lowest BCUT2D eigenvalue weighted by molar-refractivity contribution is -0.137. The van der Waals surface area contributed by atoms with Gasteiger partial charge in [-0.05, 0) is 55.5 Å². The summed E-state index contributed by atoms with van der Waals surface area (Å²) < 4.78 is 38.0. The normalized spacial score (nSPS) is 30.3. The number of hydrogen-bond acceptors (Lipinski definition) is 4. The highest BCUT2D eigenvalue weighted by molar-refractivity contribution is 7.99. The molecule has 2 bridgehead atoms. The average Bonchev–Trinajstić information content (AvgIpc) is 2.73. The summed E-state index contributed by atoms with van der Waals surface area (Å²) in [6, 6.07) is 4.76. The van der Waals surface area contributed by atoms with Crippen molar-refractivity contribution < 1.29 is 18.0 Å². The lowest BCUT2D eigenvalue weighted by Crippen LogP contribution is -2.58. The minimum Gasteiger partial charge on any atom is -0.350 e. The first kappa shape index (κ1) is 21.0. The molecule has 4 heterocycles. The molecule has 0 saturated carbocycles. The molecule has 4 unspecified atom stereocenters. The van der Waals surface area contributed by atoms with E-state index >= 15 is 0 Å². The molecule has 1 aromatic carbocycles. The molecule has 0 radical (unpaired) electrons. The van der Waals surface area contributed by atoms with Crippen LogP contribution in [0.5, 0.6) is 0 Å². The molecular weight excluding hydrogens is 399 g/mol. The van der Waals surface area contributed by atoms with Gasteiger partial charge in [0.05, 0.1) is 5.56 Å². The molecule has 4 fully saturated rings. The Labute approximate surface area is 174 Å². The minimum absolute atomic E-state index is 0.273. The molecule has 8 heteroatoms. The molecule has 1 N–H and O–H groups in total. The summed E-state index contributed by atoms with van der Waals surface area (Å²) in [5.74, 6) is 3.60. The van der Waals surface area contributed by atoms with Gasteiger partial charge in [0, 0.05) is 55.8 Å². The maximum absolute atomic E-state index is 12.7. The molecule has 1 aromatic rings. The third-order valence-electron chi connectivity index (χ3n) is 6.58. The van der Waals surface area contributed by atoms with Crippen LogP contribution in [-0.2, 0) is 6.18 Å². The van der Waals surface area contributed by atoms with Crippen molar-refractivity contribution in [2.24, 2.45) is 11.8 Å². The van der Waals surface area contributed by atoms with Gasteiger partial charge in [-0.2, -0.15) is 24.9 Å². The van der Waals surface area contributed by atoms with E-state index in [0.717, 1.165) is 31.6 Å². The molecule has 4 aliphatic rings. The molecule has 29 heavy (non-hydrogen) atoms. The van der Waals surface area contributed by atoms with Gasteiger partial charge in [-0.3, -0.25) is 9.69 Å². The Kier molecular flexibility index (Phi) is 6.41. The van der Waals surface area contributed by atoms with Crippen LogP contribution in [0.4, 0.5) is 13.2 Å². The number of carbonyl (C=O) groups excluding carboxylic acids is 1. The largest absolute Gasteiger partial charge is 0.416 e. The van der Waals surface area contributed by atoms with E-state index in [1.807, 2.05) is 11.8 Å². The average molecular weight is 428 g/mol. The summed E-state index contributed by atoms with van der Waals surface area (Å²) in [5.41, 5.74) is -0.460. The van der Waals surface area contributed by atoms with E-state index < -0.39 is 11.7 Å². The number of rotatable bonds is 5. The van der Waals surface area contributed by atoms with Crippen molar-refractivity contribution in [3.8, 4) is 0 Å². The Morgan fingerprint density at radius 3 is 2.48 bits per heavy atom. The molecule has 160 valence electrons. The second-order valence-corrected chi connectivity index (χ2v) is 9.62. The van der Waals surface area contributed by atoms with E-state index in [2.05, 4.69) is 15.1 Å². The van der Waals surface area contributed by atoms with E-state index in [1.54, 1.807) is 0 Å². The van der Waals surface area contributed by atoms with Gasteiger partial charge >= 0.3 is 6.18 Å². The van der Waals surface area contributed by atoms with Crippen LogP contribution in [0.25, 0.3) is 0 Å². The molecule has 4 atom stereocenters. The summed E-state index contributed by atoms with van der Waals surface area (Å²) in [7, 11) is 0. The van der Waals surface area contributed by atoms with Gasteiger partial charge in [0.1, 0.15) is 0 Å². The van der Waals surface area contributed by atoms with Crippen molar-refractivity contribution >= 4 is 17.7 Å². The third-order valence-corrected chi connectivity index (χ3v) is 7.53. The summed E-state index contributed by atoms with van der Waals surface area (Å²) >= 11 is 2.04. The standard InChI is InChI=1S/C21H28F3N3OS/c22-21(23,24)18-3-1-15(2-4-18)20(28)25-12-19-11-16-5-6-27(19)14-17(16)13-26-7-9-29-10-8-26/h1-4,16-17,19H,5-14H2,(H,25,28). The first-order chi connectivity index (χ1) is 13.9. The molecule has 4 saturated heterocycles. The van der Waals surface area contributed by atoms with E-state index in [-0.39, 0.29) is 11.5 Å². The highest BCUT2D eigenvalue weighted by Gasteiger charge is 2.40. The lowest BCUT2D eigenvalue weighted by atomic mass is 9.75. The van der Waals surface area contributed by atoms with Crippen molar-refractivity contribution in [1.29, 1.82) is 0 Å². The number of amides is 1. The van der Waals surface area contributed by atoms with Crippen LogP contribution in [0.2, 0.25) is 0 Å². The SMILES string of the molecule is O=C(NCC1CC2CCN1CC2CN1CCSCC1)c1ccc(C(F)(F)F)cc1. The highest BCUT2D eigenvalue weighted by Crippen LogP contribution is 2.36. The number of nitrogens with one attached hydrogen (secondary N) is 1. The van der Waals surface area contributed by atoms with Crippen LogP contribution in [0.15, 0.2) is 24.3 Å². The fraction of sp³-hybridized carbons (Fsp3) is 0.667. The first-order valence-corrected chi connectivity index (χ1v) is 11.6. The minimum atomic E-state index is -4.38. The Morgan fingerprint density at radius 1 is 1.14 bits per heavy atom. The topological polar surface area (TPSA) is 35.6 Å². The summed E-state index contributed by atoms with van der Waals surface area (Å²) in [6.45, 7) is 6.31. The zero-order valence-electron chi connectivity index (χ0n) is 16.5. The number of nitrogens with zero attached hydrogens (tertiary/aromatic N) is 2.